The van der Waals surface area contributed by atoms with Gasteiger partial charge in [-0.1, -0.05) is 11.6 Å². The molecule has 2 aromatic carbocycles. The largest absolute Gasteiger partial charge is 0.378 e. The summed E-state index contributed by atoms with van der Waals surface area (Å²) in [6.45, 7) is 9.72. The fraction of sp³-hybridized carbons (Fsp3) is 0.458. The number of anilines is 3. The van der Waals surface area contributed by atoms with Gasteiger partial charge >= 0.3 is 0 Å². The Hall–Kier alpha value is -2.24. The van der Waals surface area contributed by atoms with Crippen LogP contribution in [-0.4, -0.2) is 37.2 Å². The van der Waals surface area contributed by atoms with Crippen molar-refractivity contribution in [3.05, 3.63) is 53.1 Å². The number of carbonyl (C=O) groups is 1. The van der Waals surface area contributed by atoms with Crippen molar-refractivity contribution in [2.24, 2.45) is 0 Å². The third-order valence-corrected chi connectivity index (χ3v) is 6.22. The summed E-state index contributed by atoms with van der Waals surface area (Å²) in [5, 5.41) is 4.38. The van der Waals surface area contributed by atoms with Gasteiger partial charge in [-0.25, -0.2) is 0 Å². The Morgan fingerprint density at radius 2 is 1.73 bits per heavy atom. The van der Waals surface area contributed by atoms with Crippen LogP contribution in [0, 0.1) is 0 Å². The number of nitrogens with one attached hydrogen (secondary N) is 1. The Morgan fingerprint density at radius 3 is 2.37 bits per heavy atom. The van der Waals surface area contributed by atoms with Crippen LogP contribution in [0.5, 0.6) is 0 Å². The van der Waals surface area contributed by atoms with Crippen molar-refractivity contribution in [3.63, 3.8) is 0 Å². The summed E-state index contributed by atoms with van der Waals surface area (Å²) in [6.07, 6.45) is 1.23. The first-order valence-corrected chi connectivity index (χ1v) is 11.1. The van der Waals surface area contributed by atoms with Gasteiger partial charge in [0.05, 0.1) is 18.2 Å². The molecule has 2 heterocycles. The molecule has 160 valence electrons. The van der Waals surface area contributed by atoms with Crippen molar-refractivity contribution in [1.29, 1.82) is 0 Å². The molecule has 0 aliphatic carbocycles. The number of rotatable bonds is 3. The van der Waals surface area contributed by atoms with Crippen LogP contribution in [0.4, 0.5) is 17.1 Å². The Balaban J connectivity index is 1.70. The second kappa shape index (κ2) is 8.48. The van der Waals surface area contributed by atoms with Gasteiger partial charge in [-0.3, -0.25) is 4.79 Å². The molecule has 0 saturated carbocycles. The summed E-state index contributed by atoms with van der Waals surface area (Å²) in [5.41, 5.74) is 4.35. The molecule has 2 aliphatic heterocycles. The second-order valence-corrected chi connectivity index (χ2v) is 9.02. The molecule has 2 aromatic rings. The maximum absolute atomic E-state index is 12.4. The smallest absolute Gasteiger partial charge is 0.224 e. The van der Waals surface area contributed by atoms with Crippen LogP contribution < -0.4 is 15.1 Å². The number of ether oxygens (including phenoxy) is 1. The van der Waals surface area contributed by atoms with Gasteiger partial charge in [0.25, 0.3) is 0 Å². The van der Waals surface area contributed by atoms with E-state index >= 15 is 0 Å². The number of benzene rings is 2. The lowest BCUT2D eigenvalue weighted by Crippen LogP contribution is -2.46. The lowest BCUT2D eigenvalue weighted by Gasteiger charge is -2.41. The Morgan fingerprint density at radius 1 is 1.07 bits per heavy atom. The van der Waals surface area contributed by atoms with E-state index in [1.54, 1.807) is 6.92 Å². The molecule has 1 fully saturated rings. The van der Waals surface area contributed by atoms with Gasteiger partial charge in [-0.05, 0) is 69.7 Å². The average molecular weight is 428 g/mol. The first kappa shape index (κ1) is 21.0. The fourth-order valence-electron chi connectivity index (χ4n) is 4.80. The van der Waals surface area contributed by atoms with Crippen molar-refractivity contribution in [3.8, 4) is 0 Å². The third kappa shape index (κ3) is 4.28. The normalized spacial score (nSPS) is 26.3. The van der Waals surface area contributed by atoms with Gasteiger partial charge in [-0.2, -0.15) is 0 Å². The number of halogens is 1. The molecule has 4 unspecified atom stereocenters. The minimum absolute atomic E-state index is 0.0788. The van der Waals surface area contributed by atoms with Gasteiger partial charge in [0, 0.05) is 53.7 Å². The number of carbonyl (C=O) groups excluding carboxylic acids is 1. The highest BCUT2D eigenvalue weighted by Gasteiger charge is 2.33. The molecule has 2 aliphatic rings. The van der Waals surface area contributed by atoms with Crippen LogP contribution in [0.3, 0.4) is 0 Å². The maximum atomic E-state index is 12.4. The molecule has 4 atom stereocenters. The molecule has 5 nitrogen and oxygen atoms in total. The maximum Gasteiger partial charge on any atom is 0.224 e. The van der Waals surface area contributed by atoms with E-state index < -0.39 is 0 Å². The zero-order valence-corrected chi connectivity index (χ0v) is 18.8. The van der Waals surface area contributed by atoms with E-state index in [2.05, 4.69) is 49.2 Å². The first-order valence-electron chi connectivity index (χ1n) is 10.7. The monoisotopic (exact) mass is 427 g/mol. The zero-order valence-electron chi connectivity index (χ0n) is 18.1. The summed E-state index contributed by atoms with van der Waals surface area (Å²) in [5.74, 6) is 0.0788. The van der Waals surface area contributed by atoms with Gasteiger partial charge in [0.15, 0.2) is 0 Å². The number of amides is 1. The highest BCUT2D eigenvalue weighted by molar-refractivity contribution is 6.30. The van der Waals surface area contributed by atoms with Gasteiger partial charge in [0.1, 0.15) is 0 Å². The predicted molar refractivity (Wildman–Crippen MR) is 124 cm³/mol. The van der Waals surface area contributed by atoms with Crippen molar-refractivity contribution in [2.75, 3.05) is 28.2 Å². The molecule has 4 rings (SSSR count). The Labute approximate surface area is 184 Å². The molecule has 0 aromatic heterocycles. The molecule has 0 radical (unpaired) electrons. The zero-order chi connectivity index (χ0) is 21.4. The Kier molecular flexibility index (Phi) is 5.94. The van der Waals surface area contributed by atoms with Crippen molar-refractivity contribution < 1.29 is 9.53 Å². The minimum Gasteiger partial charge on any atom is -0.378 e. The Bertz CT molecular complexity index is 907. The van der Waals surface area contributed by atoms with E-state index in [9.17, 15) is 4.79 Å². The molecular weight excluding hydrogens is 398 g/mol. The van der Waals surface area contributed by atoms with Gasteiger partial charge in [-0.15, -0.1) is 0 Å². The molecule has 1 N–H and O–H groups in total. The SMILES string of the molecule is CC(=O)N1c2ccc(N3CC(C)OC(C)C3)cc2C(Nc2ccc(Cl)cc2)CC1C. The van der Waals surface area contributed by atoms with Crippen LogP contribution in [0.2, 0.25) is 5.02 Å². The van der Waals surface area contributed by atoms with Crippen molar-refractivity contribution >= 4 is 34.6 Å². The molecule has 1 saturated heterocycles. The van der Waals surface area contributed by atoms with Crippen LogP contribution in [-0.2, 0) is 9.53 Å². The number of morpholine rings is 1. The van der Waals surface area contributed by atoms with E-state index in [-0.39, 0.29) is 30.2 Å². The lowest BCUT2D eigenvalue weighted by molar-refractivity contribution is -0.117. The summed E-state index contributed by atoms with van der Waals surface area (Å²) >= 11 is 6.06. The van der Waals surface area contributed by atoms with E-state index in [0.29, 0.717) is 0 Å². The summed E-state index contributed by atoms with van der Waals surface area (Å²) in [4.78, 5) is 16.7. The standard InChI is InChI=1S/C24H30ClN3O2/c1-15-11-23(26-20-7-5-19(25)6-8-20)22-12-21(9-10-24(22)28(15)18(4)29)27-13-16(2)30-17(3)14-27/h5-10,12,15-17,23,26H,11,13-14H2,1-4H3. The minimum atomic E-state index is 0.0788. The summed E-state index contributed by atoms with van der Waals surface area (Å²) in [7, 11) is 0. The highest BCUT2D eigenvalue weighted by atomic mass is 35.5. The third-order valence-electron chi connectivity index (χ3n) is 5.97. The van der Waals surface area contributed by atoms with E-state index in [0.717, 1.165) is 41.5 Å². The molecule has 30 heavy (non-hydrogen) atoms. The molecule has 0 spiro atoms. The van der Waals surface area contributed by atoms with Crippen LogP contribution in [0.25, 0.3) is 0 Å². The number of nitrogens with zero attached hydrogens (tertiary/aromatic N) is 2. The highest BCUT2D eigenvalue weighted by Crippen LogP contribution is 2.41. The van der Waals surface area contributed by atoms with Crippen molar-refractivity contribution in [2.45, 2.75) is 58.4 Å². The molecule has 1 amide bonds. The second-order valence-electron chi connectivity index (χ2n) is 8.58. The summed E-state index contributed by atoms with van der Waals surface area (Å²) < 4.78 is 5.91. The van der Waals surface area contributed by atoms with E-state index in [1.807, 2.05) is 29.2 Å². The fourth-order valence-corrected chi connectivity index (χ4v) is 4.93. The van der Waals surface area contributed by atoms with Gasteiger partial charge in [0.2, 0.25) is 5.91 Å². The lowest BCUT2D eigenvalue weighted by atomic mass is 9.90. The summed E-state index contributed by atoms with van der Waals surface area (Å²) in [6, 6.07) is 14.5. The molecule has 0 bridgehead atoms. The van der Waals surface area contributed by atoms with Crippen LogP contribution in [0.1, 0.15) is 45.7 Å². The average Bonchev–Trinajstić information content (AvgIpc) is 2.68. The van der Waals surface area contributed by atoms with Crippen LogP contribution >= 0.6 is 11.6 Å². The predicted octanol–water partition coefficient (Wildman–Crippen LogP) is 5.25. The quantitative estimate of drug-likeness (QED) is 0.726. The van der Waals surface area contributed by atoms with E-state index in [4.69, 9.17) is 16.3 Å². The molecule has 6 heteroatoms. The number of hydrogen-bond acceptors (Lipinski definition) is 4. The van der Waals surface area contributed by atoms with Crippen molar-refractivity contribution in [1.82, 2.24) is 0 Å². The molecular formula is C24H30ClN3O2. The topological polar surface area (TPSA) is 44.8 Å². The number of hydrogen-bond donors (Lipinski definition) is 1. The van der Waals surface area contributed by atoms with Gasteiger partial charge < -0.3 is 19.9 Å². The van der Waals surface area contributed by atoms with Crippen LogP contribution in [0.15, 0.2) is 42.5 Å². The first-order chi connectivity index (χ1) is 14.3. The van der Waals surface area contributed by atoms with E-state index in [1.165, 1.54) is 5.69 Å². The number of fused-ring (bicyclic) bond motifs is 1.